The van der Waals surface area contributed by atoms with E-state index < -0.39 is 0 Å². The topological polar surface area (TPSA) is 20.2 Å². The Balaban J connectivity index is 3.05. The molecule has 1 N–H and O–H groups in total. The summed E-state index contributed by atoms with van der Waals surface area (Å²) < 4.78 is 0. The zero-order chi connectivity index (χ0) is 10.8. The van der Waals surface area contributed by atoms with Crippen LogP contribution >= 0.6 is 0 Å². The van der Waals surface area contributed by atoms with Crippen molar-refractivity contribution in [3.05, 3.63) is 0 Å². The number of hydrogen-bond donors (Lipinski definition) is 1. The number of aliphatic hydroxyl groups excluding tert-OH is 1. The quantitative estimate of drug-likeness (QED) is 0.554. The third-order valence-electron chi connectivity index (χ3n) is 2.85. The molecule has 0 heterocycles. The van der Waals surface area contributed by atoms with Crippen LogP contribution in [0.15, 0.2) is 0 Å². The van der Waals surface area contributed by atoms with Gasteiger partial charge in [-0.3, -0.25) is 0 Å². The highest BCUT2D eigenvalue weighted by atomic mass is 16.3. The highest BCUT2D eigenvalue weighted by Gasteiger charge is 2.00. The van der Waals surface area contributed by atoms with E-state index in [-0.39, 0.29) is 6.10 Å². The van der Waals surface area contributed by atoms with Gasteiger partial charge < -0.3 is 5.11 Å². The molecule has 0 bridgehead atoms. The molecule has 0 aliphatic rings. The summed E-state index contributed by atoms with van der Waals surface area (Å²) >= 11 is 0. The molecule has 1 heteroatoms. The first-order valence-electron chi connectivity index (χ1n) is 6.34. The van der Waals surface area contributed by atoms with Crippen molar-refractivity contribution in [3.8, 4) is 0 Å². The SMILES string of the molecule is CCCC(C)CCCCCCC(C)O. The molecule has 0 radical (unpaired) electrons. The lowest BCUT2D eigenvalue weighted by Crippen LogP contribution is -1.98. The molecular formula is C13H28O. The molecular weight excluding hydrogens is 172 g/mol. The average molecular weight is 200 g/mol. The molecule has 86 valence electrons. The van der Waals surface area contributed by atoms with Crippen molar-refractivity contribution in [1.29, 1.82) is 0 Å². The van der Waals surface area contributed by atoms with Gasteiger partial charge in [0.15, 0.2) is 0 Å². The third kappa shape index (κ3) is 10.0. The summed E-state index contributed by atoms with van der Waals surface area (Å²) in [5, 5.41) is 9.07. The highest BCUT2D eigenvalue weighted by Crippen LogP contribution is 2.15. The van der Waals surface area contributed by atoms with Crippen LogP contribution in [0.1, 0.15) is 72.1 Å². The van der Waals surface area contributed by atoms with Crippen molar-refractivity contribution < 1.29 is 5.11 Å². The van der Waals surface area contributed by atoms with E-state index in [9.17, 15) is 0 Å². The predicted octanol–water partition coefficient (Wildman–Crippen LogP) is 4.14. The van der Waals surface area contributed by atoms with Gasteiger partial charge in [0.2, 0.25) is 0 Å². The minimum Gasteiger partial charge on any atom is -0.393 e. The number of aliphatic hydroxyl groups is 1. The summed E-state index contributed by atoms with van der Waals surface area (Å²) in [6, 6.07) is 0. The molecule has 0 saturated carbocycles. The van der Waals surface area contributed by atoms with Gasteiger partial charge in [0.05, 0.1) is 6.10 Å². The molecule has 0 aromatic rings. The Morgan fingerprint density at radius 2 is 1.43 bits per heavy atom. The molecule has 0 aliphatic carbocycles. The molecule has 0 rings (SSSR count). The van der Waals surface area contributed by atoms with E-state index in [2.05, 4.69) is 13.8 Å². The van der Waals surface area contributed by atoms with Crippen LogP contribution in [0.4, 0.5) is 0 Å². The Hall–Kier alpha value is -0.0400. The van der Waals surface area contributed by atoms with Crippen molar-refractivity contribution in [1.82, 2.24) is 0 Å². The van der Waals surface area contributed by atoms with Gasteiger partial charge in [0, 0.05) is 0 Å². The first-order chi connectivity index (χ1) is 6.66. The number of rotatable bonds is 9. The largest absolute Gasteiger partial charge is 0.393 e. The number of unbranched alkanes of at least 4 members (excludes halogenated alkanes) is 3. The molecule has 0 fully saturated rings. The zero-order valence-electron chi connectivity index (χ0n) is 10.3. The second-order valence-corrected chi connectivity index (χ2v) is 4.73. The van der Waals surface area contributed by atoms with E-state index in [0.29, 0.717) is 0 Å². The van der Waals surface area contributed by atoms with Gasteiger partial charge in [-0.05, 0) is 19.3 Å². The van der Waals surface area contributed by atoms with Gasteiger partial charge in [0.1, 0.15) is 0 Å². The second kappa shape index (κ2) is 9.51. The van der Waals surface area contributed by atoms with Gasteiger partial charge >= 0.3 is 0 Å². The van der Waals surface area contributed by atoms with Gasteiger partial charge in [-0.2, -0.15) is 0 Å². The van der Waals surface area contributed by atoms with Gasteiger partial charge in [-0.25, -0.2) is 0 Å². The summed E-state index contributed by atoms with van der Waals surface area (Å²) in [5.41, 5.74) is 0. The maximum atomic E-state index is 9.07. The monoisotopic (exact) mass is 200 g/mol. The molecule has 2 unspecified atom stereocenters. The lowest BCUT2D eigenvalue weighted by atomic mass is 9.98. The summed E-state index contributed by atoms with van der Waals surface area (Å²) in [7, 11) is 0. The summed E-state index contributed by atoms with van der Waals surface area (Å²) in [4.78, 5) is 0. The number of hydrogen-bond acceptors (Lipinski definition) is 1. The fraction of sp³-hybridized carbons (Fsp3) is 1.00. The van der Waals surface area contributed by atoms with Crippen LogP contribution in [0.2, 0.25) is 0 Å². The van der Waals surface area contributed by atoms with E-state index in [0.717, 1.165) is 12.3 Å². The Labute approximate surface area is 89.9 Å². The fourth-order valence-corrected chi connectivity index (χ4v) is 1.92. The molecule has 0 aliphatic heterocycles. The van der Waals surface area contributed by atoms with E-state index >= 15 is 0 Å². The van der Waals surface area contributed by atoms with Crippen LogP contribution in [-0.2, 0) is 0 Å². The van der Waals surface area contributed by atoms with Gasteiger partial charge in [-0.15, -0.1) is 0 Å². The molecule has 2 atom stereocenters. The Bertz CT molecular complexity index is 110. The maximum absolute atomic E-state index is 9.07. The van der Waals surface area contributed by atoms with Crippen LogP contribution in [0.5, 0.6) is 0 Å². The van der Waals surface area contributed by atoms with Crippen LogP contribution in [0.3, 0.4) is 0 Å². The normalized spacial score (nSPS) is 15.4. The van der Waals surface area contributed by atoms with Crippen LogP contribution in [-0.4, -0.2) is 11.2 Å². The molecule has 0 aromatic heterocycles. The lowest BCUT2D eigenvalue weighted by Gasteiger charge is -2.09. The average Bonchev–Trinajstić information content (AvgIpc) is 2.11. The van der Waals surface area contributed by atoms with Gasteiger partial charge in [0.25, 0.3) is 0 Å². The maximum Gasteiger partial charge on any atom is 0.0512 e. The standard InChI is InChI=1S/C13H28O/c1-4-9-12(2)10-7-5-6-8-11-13(3)14/h12-14H,4-11H2,1-3H3. The molecule has 0 saturated heterocycles. The second-order valence-electron chi connectivity index (χ2n) is 4.73. The Morgan fingerprint density at radius 1 is 0.857 bits per heavy atom. The molecule has 1 nitrogen and oxygen atoms in total. The van der Waals surface area contributed by atoms with Crippen molar-refractivity contribution in [2.75, 3.05) is 0 Å². The zero-order valence-corrected chi connectivity index (χ0v) is 10.3. The Morgan fingerprint density at radius 3 is 1.93 bits per heavy atom. The van der Waals surface area contributed by atoms with Gasteiger partial charge in [-0.1, -0.05) is 58.8 Å². The van der Waals surface area contributed by atoms with Crippen molar-refractivity contribution >= 4 is 0 Å². The van der Waals surface area contributed by atoms with Crippen molar-refractivity contribution in [2.45, 2.75) is 78.2 Å². The van der Waals surface area contributed by atoms with Crippen LogP contribution in [0.25, 0.3) is 0 Å². The Kier molecular flexibility index (Phi) is 9.49. The lowest BCUT2D eigenvalue weighted by molar-refractivity contribution is 0.180. The van der Waals surface area contributed by atoms with E-state index in [1.165, 1.54) is 44.9 Å². The summed E-state index contributed by atoms with van der Waals surface area (Å²) in [5.74, 6) is 0.914. The minimum atomic E-state index is -0.103. The van der Waals surface area contributed by atoms with Crippen molar-refractivity contribution in [2.24, 2.45) is 5.92 Å². The van der Waals surface area contributed by atoms with Crippen molar-refractivity contribution in [3.63, 3.8) is 0 Å². The summed E-state index contributed by atoms with van der Waals surface area (Å²) in [6.45, 7) is 6.50. The molecule has 0 spiro atoms. The summed E-state index contributed by atoms with van der Waals surface area (Å²) in [6.07, 6.45) is 10.2. The fourth-order valence-electron chi connectivity index (χ4n) is 1.92. The third-order valence-corrected chi connectivity index (χ3v) is 2.85. The first-order valence-corrected chi connectivity index (χ1v) is 6.34. The van der Waals surface area contributed by atoms with E-state index in [1.807, 2.05) is 6.92 Å². The molecule has 14 heavy (non-hydrogen) atoms. The first kappa shape index (κ1) is 14.0. The molecule has 0 aromatic carbocycles. The van der Waals surface area contributed by atoms with Crippen LogP contribution < -0.4 is 0 Å². The highest BCUT2D eigenvalue weighted by molar-refractivity contribution is 4.54. The smallest absolute Gasteiger partial charge is 0.0512 e. The van der Waals surface area contributed by atoms with E-state index in [1.54, 1.807) is 0 Å². The minimum absolute atomic E-state index is 0.103. The predicted molar refractivity (Wildman–Crippen MR) is 63.5 cm³/mol. The molecule has 0 amide bonds. The van der Waals surface area contributed by atoms with E-state index in [4.69, 9.17) is 5.11 Å². The van der Waals surface area contributed by atoms with Crippen LogP contribution in [0, 0.1) is 5.92 Å².